The summed E-state index contributed by atoms with van der Waals surface area (Å²) in [6.45, 7) is 10.1. The number of aliphatic carboxylic acids is 1. The molecule has 1 heterocycles. The Labute approximate surface area is 86.1 Å². The number of hydrogen-bond donors (Lipinski definition) is 2. The fourth-order valence-electron chi connectivity index (χ4n) is 1.40. The van der Waals surface area contributed by atoms with Crippen LogP contribution in [0.15, 0.2) is 0 Å². The summed E-state index contributed by atoms with van der Waals surface area (Å²) < 4.78 is 0. The van der Waals surface area contributed by atoms with Gasteiger partial charge in [-0.05, 0) is 27.2 Å². The number of nitrogens with zero attached hydrogens (tertiary/aromatic N) is 1. The van der Waals surface area contributed by atoms with E-state index in [0.717, 1.165) is 19.9 Å². The van der Waals surface area contributed by atoms with Gasteiger partial charge in [0, 0.05) is 31.6 Å². The Balaban J connectivity index is 0.000000364. The minimum atomic E-state index is -0.833. The molecule has 0 aliphatic carbocycles. The highest BCUT2D eigenvalue weighted by Crippen LogP contribution is 2.18. The van der Waals surface area contributed by atoms with Crippen LogP contribution in [0.25, 0.3) is 0 Å². The molecule has 0 spiro atoms. The minimum absolute atomic E-state index is 0.314. The lowest BCUT2D eigenvalue weighted by Gasteiger charge is -2.31. The summed E-state index contributed by atoms with van der Waals surface area (Å²) in [5.74, 6) is -0.833. The van der Waals surface area contributed by atoms with Gasteiger partial charge >= 0.3 is 0 Å². The van der Waals surface area contributed by atoms with Crippen molar-refractivity contribution in [3.63, 3.8) is 0 Å². The molecule has 0 amide bonds. The smallest absolute Gasteiger partial charge is 0.300 e. The maximum Gasteiger partial charge on any atom is 0.300 e. The highest BCUT2D eigenvalue weighted by molar-refractivity contribution is 5.62. The molecule has 1 saturated heterocycles. The normalized spacial score (nSPS) is 22.8. The average Bonchev–Trinajstić information content (AvgIpc) is 2.32. The Morgan fingerprint density at radius 2 is 1.93 bits per heavy atom. The molecule has 1 aliphatic heterocycles. The standard InChI is InChI=1S/C8H18N2.C2H4O2/c1-8(2,3)10-5-4-7(9)6-10;1-2(3)4/h7H,4-6,9H2,1-3H3;1H3,(H,3,4). The molecule has 4 nitrogen and oxygen atoms in total. The molecular weight excluding hydrogens is 180 g/mol. The van der Waals surface area contributed by atoms with E-state index in [1.165, 1.54) is 6.54 Å². The maximum atomic E-state index is 9.00. The van der Waals surface area contributed by atoms with Crippen LogP contribution in [0.1, 0.15) is 34.1 Å². The third-order valence-corrected chi connectivity index (χ3v) is 2.17. The Bertz CT molecular complexity index is 183. The van der Waals surface area contributed by atoms with Crippen molar-refractivity contribution in [3.8, 4) is 0 Å². The summed E-state index contributed by atoms with van der Waals surface area (Å²) in [6, 6.07) is 0.416. The van der Waals surface area contributed by atoms with Gasteiger partial charge in [0.1, 0.15) is 0 Å². The molecule has 0 aromatic heterocycles. The topological polar surface area (TPSA) is 66.6 Å². The lowest BCUT2D eigenvalue weighted by molar-refractivity contribution is -0.134. The van der Waals surface area contributed by atoms with Crippen LogP contribution in [-0.2, 0) is 4.79 Å². The van der Waals surface area contributed by atoms with E-state index in [0.29, 0.717) is 11.6 Å². The van der Waals surface area contributed by atoms with Gasteiger partial charge in [-0.2, -0.15) is 0 Å². The van der Waals surface area contributed by atoms with Gasteiger partial charge in [0.2, 0.25) is 0 Å². The van der Waals surface area contributed by atoms with Crippen LogP contribution in [0, 0.1) is 0 Å². The van der Waals surface area contributed by atoms with E-state index in [1.54, 1.807) is 0 Å². The van der Waals surface area contributed by atoms with Crippen molar-refractivity contribution in [2.75, 3.05) is 13.1 Å². The Morgan fingerprint density at radius 3 is 2.07 bits per heavy atom. The Hall–Kier alpha value is -0.610. The van der Waals surface area contributed by atoms with Gasteiger partial charge < -0.3 is 10.8 Å². The van der Waals surface area contributed by atoms with Crippen molar-refractivity contribution in [1.82, 2.24) is 4.90 Å². The third-order valence-electron chi connectivity index (χ3n) is 2.17. The van der Waals surface area contributed by atoms with Crippen molar-refractivity contribution in [2.24, 2.45) is 5.73 Å². The molecule has 3 N–H and O–H groups in total. The SMILES string of the molecule is CC(=O)O.CC(C)(C)N1CCC(N)C1. The van der Waals surface area contributed by atoms with Crippen LogP contribution in [0.4, 0.5) is 0 Å². The van der Waals surface area contributed by atoms with Crippen molar-refractivity contribution in [3.05, 3.63) is 0 Å². The monoisotopic (exact) mass is 202 g/mol. The summed E-state index contributed by atoms with van der Waals surface area (Å²) >= 11 is 0. The van der Waals surface area contributed by atoms with Gasteiger partial charge in [-0.15, -0.1) is 0 Å². The molecular formula is C10H22N2O2. The van der Waals surface area contributed by atoms with E-state index < -0.39 is 5.97 Å². The number of nitrogens with two attached hydrogens (primary N) is 1. The second-order valence-corrected chi connectivity index (χ2v) is 4.68. The summed E-state index contributed by atoms with van der Waals surface area (Å²) in [4.78, 5) is 11.4. The molecule has 0 aromatic rings. The summed E-state index contributed by atoms with van der Waals surface area (Å²) in [5.41, 5.74) is 6.09. The number of carbonyl (C=O) groups is 1. The van der Waals surface area contributed by atoms with Crippen LogP contribution in [0.2, 0.25) is 0 Å². The first-order valence-electron chi connectivity index (χ1n) is 4.93. The van der Waals surface area contributed by atoms with Crippen molar-refractivity contribution < 1.29 is 9.90 Å². The van der Waals surface area contributed by atoms with Crippen LogP contribution in [0.5, 0.6) is 0 Å². The molecule has 1 aliphatic rings. The number of carboxylic acid groups (broad SMARTS) is 1. The van der Waals surface area contributed by atoms with E-state index in [1.807, 2.05) is 0 Å². The molecule has 0 bridgehead atoms. The first kappa shape index (κ1) is 13.4. The zero-order valence-electron chi connectivity index (χ0n) is 9.58. The molecule has 14 heavy (non-hydrogen) atoms. The fraction of sp³-hybridized carbons (Fsp3) is 0.900. The summed E-state index contributed by atoms with van der Waals surface area (Å²) in [7, 11) is 0. The van der Waals surface area contributed by atoms with Gasteiger partial charge in [-0.3, -0.25) is 9.69 Å². The molecule has 1 rings (SSSR count). The van der Waals surface area contributed by atoms with Gasteiger partial charge in [0.15, 0.2) is 0 Å². The van der Waals surface area contributed by atoms with Crippen LogP contribution >= 0.6 is 0 Å². The first-order chi connectivity index (χ1) is 6.23. The van der Waals surface area contributed by atoms with Crippen molar-refractivity contribution in [2.45, 2.75) is 45.7 Å². The van der Waals surface area contributed by atoms with E-state index in [9.17, 15) is 0 Å². The largest absolute Gasteiger partial charge is 0.481 e. The molecule has 84 valence electrons. The molecule has 0 aromatic carbocycles. The summed E-state index contributed by atoms with van der Waals surface area (Å²) in [6.07, 6.45) is 1.16. The molecule has 1 fully saturated rings. The predicted molar refractivity (Wildman–Crippen MR) is 57.2 cm³/mol. The van der Waals surface area contributed by atoms with E-state index in [-0.39, 0.29) is 0 Å². The predicted octanol–water partition coefficient (Wildman–Crippen LogP) is 0.909. The minimum Gasteiger partial charge on any atom is -0.481 e. The average molecular weight is 202 g/mol. The zero-order chi connectivity index (χ0) is 11.4. The fourth-order valence-corrected chi connectivity index (χ4v) is 1.40. The number of carboxylic acids is 1. The second kappa shape index (κ2) is 5.32. The molecule has 1 atom stereocenters. The molecule has 0 saturated carbocycles. The van der Waals surface area contributed by atoms with E-state index in [2.05, 4.69) is 25.7 Å². The van der Waals surface area contributed by atoms with Crippen LogP contribution < -0.4 is 5.73 Å². The lowest BCUT2D eigenvalue weighted by Crippen LogP contribution is -2.40. The van der Waals surface area contributed by atoms with Gasteiger partial charge in [-0.1, -0.05) is 0 Å². The van der Waals surface area contributed by atoms with Crippen molar-refractivity contribution >= 4 is 5.97 Å². The highest BCUT2D eigenvalue weighted by Gasteiger charge is 2.27. The van der Waals surface area contributed by atoms with Crippen LogP contribution in [-0.4, -0.2) is 40.6 Å². The maximum absolute atomic E-state index is 9.00. The quantitative estimate of drug-likeness (QED) is 0.612. The van der Waals surface area contributed by atoms with Crippen LogP contribution in [0.3, 0.4) is 0 Å². The lowest BCUT2D eigenvalue weighted by atomic mass is 10.1. The highest BCUT2D eigenvalue weighted by atomic mass is 16.4. The molecule has 0 radical (unpaired) electrons. The van der Waals surface area contributed by atoms with E-state index >= 15 is 0 Å². The van der Waals surface area contributed by atoms with Crippen molar-refractivity contribution in [1.29, 1.82) is 0 Å². The van der Waals surface area contributed by atoms with Gasteiger partial charge in [0.05, 0.1) is 0 Å². The Morgan fingerprint density at radius 1 is 1.50 bits per heavy atom. The molecule has 4 heteroatoms. The number of likely N-dealkylation sites (tertiary alicyclic amines) is 1. The molecule has 1 unspecified atom stereocenters. The third kappa shape index (κ3) is 5.94. The number of rotatable bonds is 0. The summed E-state index contributed by atoms with van der Waals surface area (Å²) in [5, 5.41) is 7.42. The second-order valence-electron chi connectivity index (χ2n) is 4.68. The van der Waals surface area contributed by atoms with Gasteiger partial charge in [0.25, 0.3) is 5.97 Å². The van der Waals surface area contributed by atoms with Gasteiger partial charge in [-0.25, -0.2) is 0 Å². The zero-order valence-corrected chi connectivity index (χ0v) is 9.58. The first-order valence-corrected chi connectivity index (χ1v) is 4.93. The van der Waals surface area contributed by atoms with E-state index in [4.69, 9.17) is 15.6 Å². The Kier molecular flexibility index (Phi) is 5.08. The number of hydrogen-bond acceptors (Lipinski definition) is 3.